The van der Waals surface area contributed by atoms with Crippen molar-refractivity contribution in [1.82, 2.24) is 10.2 Å². The molecule has 100 valence electrons. The van der Waals surface area contributed by atoms with E-state index in [1.165, 1.54) is 12.8 Å². The molecule has 0 spiro atoms. The average Bonchev–Trinajstić information content (AvgIpc) is 2.56. The Labute approximate surface area is 106 Å². The van der Waals surface area contributed by atoms with Crippen LogP contribution in [0.3, 0.4) is 0 Å². The Morgan fingerprint density at radius 3 is 2.29 bits per heavy atom. The summed E-state index contributed by atoms with van der Waals surface area (Å²) in [6, 6.07) is 0.574. The van der Waals surface area contributed by atoms with Gasteiger partial charge in [-0.2, -0.15) is 0 Å². The van der Waals surface area contributed by atoms with Crippen LogP contribution < -0.4 is 5.32 Å². The molecule has 3 atom stereocenters. The Bertz CT molecular complexity index is 237. The standard InChI is InChI=1S/C14H28N2O/c1-5-15-13(14(2,3)4)10-16-8-11-6-7-12(9-16)17-11/h11-13,15H,5-10H2,1-4H3. The molecule has 2 fully saturated rings. The van der Waals surface area contributed by atoms with Gasteiger partial charge in [0.2, 0.25) is 0 Å². The van der Waals surface area contributed by atoms with Crippen LogP contribution in [0.4, 0.5) is 0 Å². The van der Waals surface area contributed by atoms with Gasteiger partial charge in [-0.3, -0.25) is 4.90 Å². The average molecular weight is 240 g/mol. The zero-order chi connectivity index (χ0) is 12.5. The maximum absolute atomic E-state index is 5.89. The number of hydrogen-bond donors (Lipinski definition) is 1. The van der Waals surface area contributed by atoms with Gasteiger partial charge in [-0.25, -0.2) is 0 Å². The van der Waals surface area contributed by atoms with Crippen molar-refractivity contribution in [2.75, 3.05) is 26.2 Å². The third kappa shape index (κ3) is 3.43. The molecular formula is C14H28N2O. The molecule has 0 saturated carbocycles. The Morgan fingerprint density at radius 2 is 1.82 bits per heavy atom. The Morgan fingerprint density at radius 1 is 1.24 bits per heavy atom. The molecule has 0 aromatic rings. The fourth-order valence-corrected chi connectivity index (χ4v) is 3.00. The topological polar surface area (TPSA) is 24.5 Å². The van der Waals surface area contributed by atoms with Gasteiger partial charge < -0.3 is 10.1 Å². The lowest BCUT2D eigenvalue weighted by Gasteiger charge is -2.39. The Kier molecular flexibility index (Phi) is 4.11. The van der Waals surface area contributed by atoms with Crippen molar-refractivity contribution in [3.8, 4) is 0 Å². The summed E-state index contributed by atoms with van der Waals surface area (Å²) in [4.78, 5) is 2.60. The highest BCUT2D eigenvalue weighted by molar-refractivity contribution is 4.89. The van der Waals surface area contributed by atoms with Crippen molar-refractivity contribution >= 4 is 0 Å². The van der Waals surface area contributed by atoms with E-state index in [1.807, 2.05) is 0 Å². The first kappa shape index (κ1) is 13.3. The van der Waals surface area contributed by atoms with Crippen molar-refractivity contribution in [2.45, 2.75) is 58.8 Å². The molecule has 3 nitrogen and oxygen atoms in total. The normalized spacial score (nSPS) is 31.8. The van der Waals surface area contributed by atoms with Gasteiger partial charge in [0.1, 0.15) is 0 Å². The number of likely N-dealkylation sites (N-methyl/N-ethyl adjacent to an activating group) is 1. The molecule has 1 N–H and O–H groups in total. The minimum atomic E-state index is 0.327. The van der Waals surface area contributed by atoms with Crippen molar-refractivity contribution in [2.24, 2.45) is 5.41 Å². The molecule has 0 aromatic carbocycles. The van der Waals surface area contributed by atoms with Crippen LogP contribution in [0.2, 0.25) is 0 Å². The Hall–Kier alpha value is -0.120. The highest BCUT2D eigenvalue weighted by Crippen LogP contribution is 2.28. The van der Waals surface area contributed by atoms with Crippen LogP contribution in [0.15, 0.2) is 0 Å². The van der Waals surface area contributed by atoms with Crippen LogP contribution in [-0.2, 0) is 4.74 Å². The summed E-state index contributed by atoms with van der Waals surface area (Å²) >= 11 is 0. The Balaban J connectivity index is 1.89. The summed E-state index contributed by atoms with van der Waals surface area (Å²) in [6.45, 7) is 13.7. The maximum atomic E-state index is 5.89. The van der Waals surface area contributed by atoms with Gasteiger partial charge in [0.15, 0.2) is 0 Å². The molecule has 0 aliphatic carbocycles. The van der Waals surface area contributed by atoms with Crippen LogP contribution >= 0.6 is 0 Å². The molecule has 3 heteroatoms. The van der Waals surface area contributed by atoms with E-state index in [4.69, 9.17) is 4.74 Å². The summed E-state index contributed by atoms with van der Waals surface area (Å²) in [7, 11) is 0. The number of fused-ring (bicyclic) bond motifs is 2. The number of ether oxygens (including phenoxy) is 1. The van der Waals surface area contributed by atoms with Crippen LogP contribution in [-0.4, -0.2) is 49.3 Å². The molecule has 2 bridgehead atoms. The third-order valence-corrected chi connectivity index (χ3v) is 4.06. The summed E-state index contributed by atoms with van der Waals surface area (Å²) in [5.41, 5.74) is 0.327. The molecule has 0 aromatic heterocycles. The van der Waals surface area contributed by atoms with Gasteiger partial charge >= 0.3 is 0 Å². The number of likely N-dealkylation sites (tertiary alicyclic amines) is 1. The molecule has 2 aliphatic heterocycles. The van der Waals surface area contributed by atoms with Crippen LogP contribution in [0, 0.1) is 5.41 Å². The van der Waals surface area contributed by atoms with Gasteiger partial charge in [-0.1, -0.05) is 27.7 Å². The van der Waals surface area contributed by atoms with Gasteiger partial charge in [0.25, 0.3) is 0 Å². The number of hydrogen-bond acceptors (Lipinski definition) is 3. The monoisotopic (exact) mass is 240 g/mol. The lowest BCUT2D eigenvalue weighted by molar-refractivity contribution is -0.0440. The summed E-state index contributed by atoms with van der Waals surface area (Å²) in [5.74, 6) is 0. The van der Waals surface area contributed by atoms with Gasteiger partial charge in [0.05, 0.1) is 12.2 Å². The van der Waals surface area contributed by atoms with E-state index in [0.29, 0.717) is 23.7 Å². The second kappa shape index (κ2) is 5.25. The highest BCUT2D eigenvalue weighted by atomic mass is 16.5. The smallest absolute Gasteiger partial charge is 0.0707 e. The summed E-state index contributed by atoms with van der Waals surface area (Å²) in [5, 5.41) is 3.64. The summed E-state index contributed by atoms with van der Waals surface area (Å²) in [6.07, 6.45) is 3.55. The van der Waals surface area contributed by atoms with Crippen LogP contribution in [0.5, 0.6) is 0 Å². The van der Waals surface area contributed by atoms with Crippen molar-refractivity contribution in [1.29, 1.82) is 0 Å². The molecule has 3 unspecified atom stereocenters. The van der Waals surface area contributed by atoms with E-state index in [-0.39, 0.29) is 0 Å². The lowest BCUT2D eigenvalue weighted by atomic mass is 9.86. The first-order valence-electron chi connectivity index (χ1n) is 7.10. The number of morpholine rings is 1. The molecule has 2 aliphatic rings. The lowest BCUT2D eigenvalue weighted by Crippen LogP contribution is -2.52. The van der Waals surface area contributed by atoms with Crippen molar-refractivity contribution in [3.63, 3.8) is 0 Å². The molecule has 0 radical (unpaired) electrons. The van der Waals surface area contributed by atoms with Crippen molar-refractivity contribution in [3.05, 3.63) is 0 Å². The fourth-order valence-electron chi connectivity index (χ4n) is 3.00. The molecule has 17 heavy (non-hydrogen) atoms. The van der Waals surface area contributed by atoms with E-state index >= 15 is 0 Å². The molecule has 2 rings (SSSR count). The minimum absolute atomic E-state index is 0.327. The fraction of sp³-hybridized carbons (Fsp3) is 1.00. The summed E-state index contributed by atoms with van der Waals surface area (Å²) < 4.78 is 5.89. The molecular weight excluding hydrogens is 212 g/mol. The van der Waals surface area contributed by atoms with E-state index in [0.717, 1.165) is 26.2 Å². The number of rotatable bonds is 4. The van der Waals surface area contributed by atoms with Crippen molar-refractivity contribution < 1.29 is 4.74 Å². The van der Waals surface area contributed by atoms with Crippen LogP contribution in [0.25, 0.3) is 0 Å². The van der Waals surface area contributed by atoms with E-state index in [1.54, 1.807) is 0 Å². The number of nitrogens with one attached hydrogen (secondary N) is 1. The van der Waals surface area contributed by atoms with Crippen LogP contribution in [0.1, 0.15) is 40.5 Å². The minimum Gasteiger partial charge on any atom is -0.372 e. The van der Waals surface area contributed by atoms with Gasteiger partial charge in [-0.05, 0) is 24.8 Å². The number of nitrogens with zero attached hydrogens (tertiary/aromatic N) is 1. The second-order valence-corrected chi connectivity index (χ2v) is 6.65. The zero-order valence-electron chi connectivity index (χ0n) is 11.8. The molecule has 0 amide bonds. The zero-order valence-corrected chi connectivity index (χ0v) is 11.8. The maximum Gasteiger partial charge on any atom is 0.0707 e. The van der Waals surface area contributed by atoms with E-state index in [9.17, 15) is 0 Å². The predicted octanol–water partition coefficient (Wildman–Crippen LogP) is 1.87. The van der Waals surface area contributed by atoms with Gasteiger partial charge in [-0.15, -0.1) is 0 Å². The molecule has 2 saturated heterocycles. The third-order valence-electron chi connectivity index (χ3n) is 4.06. The molecule has 2 heterocycles. The highest BCUT2D eigenvalue weighted by Gasteiger charge is 2.35. The quantitative estimate of drug-likeness (QED) is 0.812. The first-order valence-corrected chi connectivity index (χ1v) is 7.10. The second-order valence-electron chi connectivity index (χ2n) is 6.65. The van der Waals surface area contributed by atoms with E-state index < -0.39 is 0 Å². The first-order chi connectivity index (χ1) is 7.99. The SMILES string of the molecule is CCNC(CN1CC2CCC(C1)O2)C(C)(C)C. The predicted molar refractivity (Wildman–Crippen MR) is 71.3 cm³/mol. The van der Waals surface area contributed by atoms with Gasteiger partial charge in [0, 0.05) is 25.7 Å². The largest absolute Gasteiger partial charge is 0.372 e. The van der Waals surface area contributed by atoms with E-state index in [2.05, 4.69) is 37.9 Å².